The first-order valence-corrected chi connectivity index (χ1v) is 6.65. The van der Waals surface area contributed by atoms with E-state index < -0.39 is 16.7 Å². The fourth-order valence-corrected chi connectivity index (χ4v) is 2.37. The number of esters is 1. The number of carbonyl (C=O) groups excluding carboxylic acids is 1. The molecule has 0 fully saturated rings. The Kier molecular flexibility index (Phi) is 5.19. The van der Waals surface area contributed by atoms with Crippen molar-refractivity contribution in [3.05, 3.63) is 35.9 Å². The van der Waals surface area contributed by atoms with Crippen LogP contribution < -0.4 is 0 Å². The van der Waals surface area contributed by atoms with Crippen LogP contribution in [0.2, 0.25) is 0 Å². The minimum atomic E-state index is -0.981. The van der Waals surface area contributed by atoms with Crippen molar-refractivity contribution in [2.24, 2.45) is 0 Å². The highest BCUT2D eigenvalue weighted by Crippen LogP contribution is 2.18. The Morgan fingerprint density at radius 1 is 1.38 bits per heavy atom. The van der Waals surface area contributed by atoms with Crippen LogP contribution in [0.5, 0.6) is 0 Å². The molecule has 2 unspecified atom stereocenters. The quantitative estimate of drug-likeness (QED) is 0.736. The first kappa shape index (κ1) is 12.9. The maximum atomic E-state index is 11.6. The van der Waals surface area contributed by atoms with Gasteiger partial charge in [-0.05, 0) is 5.56 Å². The molecule has 1 aromatic rings. The second-order valence-corrected chi connectivity index (χ2v) is 5.17. The van der Waals surface area contributed by atoms with Crippen LogP contribution in [0.3, 0.4) is 0 Å². The van der Waals surface area contributed by atoms with Crippen molar-refractivity contribution in [2.45, 2.75) is 12.8 Å². The first-order chi connectivity index (χ1) is 7.69. The molecular formula is C12H16O3S. The van der Waals surface area contributed by atoms with Gasteiger partial charge in [0.05, 0.1) is 13.0 Å². The predicted molar refractivity (Wildman–Crippen MR) is 64.7 cm³/mol. The lowest BCUT2D eigenvalue weighted by Gasteiger charge is -2.13. The third-order valence-corrected chi connectivity index (χ3v) is 3.71. The number of carbonyl (C=O) groups is 1. The van der Waals surface area contributed by atoms with E-state index in [-0.39, 0.29) is 5.97 Å². The minimum absolute atomic E-state index is 0.326. The molecule has 1 rings (SSSR count). The van der Waals surface area contributed by atoms with E-state index in [0.29, 0.717) is 11.5 Å². The molecule has 0 N–H and O–H groups in total. The Labute approximate surface area is 98.3 Å². The predicted octanol–water partition coefficient (Wildman–Crippen LogP) is 1.71. The van der Waals surface area contributed by atoms with Gasteiger partial charge < -0.3 is 4.74 Å². The van der Waals surface area contributed by atoms with E-state index in [4.69, 9.17) is 4.74 Å². The van der Waals surface area contributed by atoms with Gasteiger partial charge in [-0.25, -0.2) is 0 Å². The van der Waals surface area contributed by atoms with Crippen molar-refractivity contribution in [3.8, 4) is 0 Å². The Bertz CT molecular complexity index is 362. The van der Waals surface area contributed by atoms with Crippen molar-refractivity contribution >= 4 is 16.8 Å². The molecule has 2 atom stereocenters. The van der Waals surface area contributed by atoms with Crippen LogP contribution in [0.1, 0.15) is 18.4 Å². The van der Waals surface area contributed by atoms with Crippen molar-refractivity contribution in [3.63, 3.8) is 0 Å². The molecule has 3 nitrogen and oxygen atoms in total. The number of hydrogen-bond donors (Lipinski definition) is 0. The van der Waals surface area contributed by atoms with Gasteiger partial charge in [-0.2, -0.15) is 0 Å². The summed E-state index contributed by atoms with van der Waals surface area (Å²) in [4.78, 5) is 11.6. The van der Waals surface area contributed by atoms with E-state index in [2.05, 4.69) is 0 Å². The highest BCUT2D eigenvalue weighted by molar-refractivity contribution is 7.85. The number of rotatable bonds is 5. The molecule has 0 saturated heterocycles. The average Bonchev–Trinajstić information content (AvgIpc) is 2.35. The van der Waals surface area contributed by atoms with E-state index in [1.54, 1.807) is 0 Å². The molecule has 0 spiro atoms. The largest absolute Gasteiger partial charge is 0.469 e. The van der Waals surface area contributed by atoms with Crippen LogP contribution in [-0.2, 0) is 20.3 Å². The van der Waals surface area contributed by atoms with Crippen molar-refractivity contribution < 1.29 is 13.7 Å². The van der Waals surface area contributed by atoms with E-state index >= 15 is 0 Å². The van der Waals surface area contributed by atoms with Gasteiger partial charge in [-0.15, -0.1) is 0 Å². The summed E-state index contributed by atoms with van der Waals surface area (Å²) in [6.45, 7) is 1.84. The van der Waals surface area contributed by atoms with E-state index in [0.717, 1.165) is 5.56 Å². The molecule has 0 heterocycles. The van der Waals surface area contributed by atoms with Crippen LogP contribution in [0.25, 0.3) is 0 Å². The van der Waals surface area contributed by atoms with E-state index in [1.165, 1.54) is 7.11 Å². The molecule has 88 valence electrons. The maximum absolute atomic E-state index is 11.6. The third-order valence-electron chi connectivity index (χ3n) is 2.36. The molecule has 0 radical (unpaired) electrons. The number of methoxy groups -OCH3 is 1. The average molecular weight is 240 g/mol. The summed E-state index contributed by atoms with van der Waals surface area (Å²) >= 11 is 0. The van der Waals surface area contributed by atoms with Gasteiger partial charge in [-0.3, -0.25) is 9.00 Å². The summed E-state index contributed by atoms with van der Waals surface area (Å²) in [7, 11) is 0.374. The monoisotopic (exact) mass is 240 g/mol. The Morgan fingerprint density at radius 2 is 2.00 bits per heavy atom. The lowest BCUT2D eigenvalue weighted by atomic mass is 10.0. The van der Waals surface area contributed by atoms with Crippen LogP contribution in [-0.4, -0.2) is 28.8 Å². The molecule has 0 aliphatic heterocycles. The highest BCUT2D eigenvalue weighted by atomic mass is 32.2. The van der Waals surface area contributed by atoms with E-state index in [1.807, 2.05) is 37.3 Å². The summed E-state index contributed by atoms with van der Waals surface area (Å²) in [5.74, 6) is 0.132. The van der Waals surface area contributed by atoms with Gasteiger partial charge in [-0.1, -0.05) is 37.3 Å². The van der Waals surface area contributed by atoms with Crippen LogP contribution in [0, 0.1) is 0 Å². The van der Waals surface area contributed by atoms with E-state index in [9.17, 15) is 9.00 Å². The standard InChI is InChI=1S/C12H16O3S/c1-3-16(14)9-11(12(13)15-2)10-7-5-4-6-8-10/h4-8,11H,3,9H2,1-2H3. The number of hydrogen-bond acceptors (Lipinski definition) is 3. The molecule has 0 bridgehead atoms. The zero-order valence-electron chi connectivity index (χ0n) is 9.51. The zero-order chi connectivity index (χ0) is 12.0. The summed E-state index contributed by atoms with van der Waals surface area (Å²) in [6, 6.07) is 9.32. The van der Waals surface area contributed by atoms with Gasteiger partial charge >= 0.3 is 5.97 Å². The molecule has 1 aromatic carbocycles. The second-order valence-electron chi connectivity index (χ2n) is 3.38. The Hall–Kier alpha value is -1.16. The summed E-state index contributed by atoms with van der Waals surface area (Å²) in [5.41, 5.74) is 0.858. The molecule has 4 heteroatoms. The maximum Gasteiger partial charge on any atom is 0.314 e. The molecule has 0 aromatic heterocycles. The fourth-order valence-electron chi connectivity index (χ4n) is 1.43. The van der Waals surface area contributed by atoms with Crippen LogP contribution in [0.15, 0.2) is 30.3 Å². The van der Waals surface area contributed by atoms with Crippen molar-refractivity contribution in [1.29, 1.82) is 0 Å². The van der Waals surface area contributed by atoms with Gasteiger partial charge in [0.15, 0.2) is 0 Å². The van der Waals surface area contributed by atoms with Gasteiger partial charge in [0, 0.05) is 22.3 Å². The molecule has 0 saturated carbocycles. The topological polar surface area (TPSA) is 43.4 Å². The second kappa shape index (κ2) is 6.43. The zero-order valence-corrected chi connectivity index (χ0v) is 10.3. The smallest absolute Gasteiger partial charge is 0.314 e. The molecule has 16 heavy (non-hydrogen) atoms. The summed E-state index contributed by atoms with van der Waals surface area (Å²) < 4.78 is 16.3. The SMILES string of the molecule is CCS(=O)CC(C(=O)OC)c1ccccc1. The number of ether oxygens (including phenoxy) is 1. The van der Waals surface area contributed by atoms with Gasteiger partial charge in [0.2, 0.25) is 0 Å². The summed E-state index contributed by atoms with van der Waals surface area (Å²) in [5, 5.41) is 0. The minimum Gasteiger partial charge on any atom is -0.469 e. The Balaban J connectivity index is 2.88. The van der Waals surface area contributed by atoms with Crippen LogP contribution in [0.4, 0.5) is 0 Å². The van der Waals surface area contributed by atoms with Crippen molar-refractivity contribution in [1.82, 2.24) is 0 Å². The van der Waals surface area contributed by atoms with Crippen LogP contribution >= 0.6 is 0 Å². The molecule has 0 aliphatic carbocycles. The van der Waals surface area contributed by atoms with Crippen molar-refractivity contribution in [2.75, 3.05) is 18.6 Å². The van der Waals surface area contributed by atoms with Gasteiger partial charge in [0.1, 0.15) is 0 Å². The summed E-state index contributed by atoms with van der Waals surface area (Å²) in [6.07, 6.45) is 0. The molecule has 0 amide bonds. The first-order valence-electron chi connectivity index (χ1n) is 5.16. The van der Waals surface area contributed by atoms with Gasteiger partial charge in [0.25, 0.3) is 0 Å². The third kappa shape index (κ3) is 3.45. The number of benzene rings is 1. The lowest BCUT2D eigenvalue weighted by molar-refractivity contribution is -0.141. The highest BCUT2D eigenvalue weighted by Gasteiger charge is 2.23. The molecule has 0 aliphatic rings. The lowest BCUT2D eigenvalue weighted by Crippen LogP contribution is -2.21. The fraction of sp³-hybridized carbons (Fsp3) is 0.417. The Morgan fingerprint density at radius 3 is 2.50 bits per heavy atom. The normalized spacial score (nSPS) is 14.1. The molecular weight excluding hydrogens is 224 g/mol.